The normalized spacial score (nSPS) is 11.6. The molecule has 0 bridgehead atoms. The summed E-state index contributed by atoms with van der Waals surface area (Å²) in [6.45, 7) is -0.469. The maximum atomic E-state index is 12.3. The number of anilines is 2. The number of hydrogen-bond donors (Lipinski definition) is 1. The summed E-state index contributed by atoms with van der Waals surface area (Å²) in [6, 6.07) is 2.17. The highest BCUT2D eigenvalue weighted by molar-refractivity contribution is 5.73. The SMILES string of the molecule is CN(C)CCN(C)c1cc(OCC(F)(F)F)c(N)cc1[N+](=O)[O-]. The van der Waals surface area contributed by atoms with Gasteiger partial charge in [0.05, 0.1) is 10.6 Å². The van der Waals surface area contributed by atoms with Crippen LogP contribution in [0.15, 0.2) is 12.1 Å². The molecule has 0 aromatic heterocycles. The molecule has 1 rings (SSSR count). The minimum atomic E-state index is -4.52. The van der Waals surface area contributed by atoms with Gasteiger partial charge >= 0.3 is 6.18 Å². The van der Waals surface area contributed by atoms with Gasteiger partial charge in [-0.3, -0.25) is 10.1 Å². The number of benzene rings is 1. The van der Waals surface area contributed by atoms with Crippen molar-refractivity contribution in [2.75, 3.05) is 51.5 Å². The van der Waals surface area contributed by atoms with Gasteiger partial charge in [0.25, 0.3) is 5.69 Å². The van der Waals surface area contributed by atoms with Gasteiger partial charge < -0.3 is 20.3 Å². The van der Waals surface area contributed by atoms with E-state index in [9.17, 15) is 23.3 Å². The fourth-order valence-corrected chi connectivity index (χ4v) is 1.78. The van der Waals surface area contributed by atoms with E-state index in [4.69, 9.17) is 5.73 Å². The molecule has 0 aliphatic rings. The van der Waals surface area contributed by atoms with E-state index in [-0.39, 0.29) is 22.8 Å². The predicted octanol–water partition coefficient (Wildman–Crippen LogP) is 2.12. The first-order valence-electron chi connectivity index (χ1n) is 6.64. The van der Waals surface area contributed by atoms with Crippen molar-refractivity contribution in [1.29, 1.82) is 0 Å². The van der Waals surface area contributed by atoms with E-state index >= 15 is 0 Å². The second-order valence-electron chi connectivity index (χ2n) is 5.26. The minimum Gasteiger partial charge on any atom is -0.482 e. The quantitative estimate of drug-likeness (QED) is 0.466. The van der Waals surface area contributed by atoms with Crippen LogP contribution in [-0.4, -0.2) is 56.8 Å². The van der Waals surface area contributed by atoms with E-state index < -0.39 is 17.7 Å². The van der Waals surface area contributed by atoms with Gasteiger partial charge in [0, 0.05) is 32.3 Å². The van der Waals surface area contributed by atoms with Gasteiger partial charge in [-0.1, -0.05) is 0 Å². The van der Waals surface area contributed by atoms with Crippen LogP contribution in [0.2, 0.25) is 0 Å². The zero-order valence-corrected chi connectivity index (χ0v) is 13.1. The van der Waals surface area contributed by atoms with E-state index in [0.29, 0.717) is 13.1 Å². The molecule has 0 unspecified atom stereocenters. The Kier molecular flexibility index (Phi) is 6.02. The zero-order chi connectivity index (χ0) is 17.8. The molecule has 0 spiro atoms. The lowest BCUT2D eigenvalue weighted by Crippen LogP contribution is -2.29. The molecule has 2 N–H and O–H groups in total. The van der Waals surface area contributed by atoms with Crippen LogP contribution in [0.5, 0.6) is 5.75 Å². The number of likely N-dealkylation sites (N-methyl/N-ethyl adjacent to an activating group) is 2. The summed E-state index contributed by atoms with van der Waals surface area (Å²) in [5, 5.41) is 11.1. The molecule has 7 nitrogen and oxygen atoms in total. The number of nitrogens with two attached hydrogens (primary N) is 1. The maximum Gasteiger partial charge on any atom is 0.422 e. The first kappa shape index (κ1) is 18.8. The van der Waals surface area contributed by atoms with Crippen molar-refractivity contribution in [1.82, 2.24) is 4.90 Å². The number of nitro groups is 1. The van der Waals surface area contributed by atoms with Crippen molar-refractivity contribution >= 4 is 17.1 Å². The molecule has 1 aromatic rings. The van der Waals surface area contributed by atoms with E-state index in [2.05, 4.69) is 4.74 Å². The molecule has 0 aliphatic heterocycles. The number of nitrogens with zero attached hydrogens (tertiary/aromatic N) is 3. The van der Waals surface area contributed by atoms with Crippen molar-refractivity contribution in [3.05, 3.63) is 22.2 Å². The largest absolute Gasteiger partial charge is 0.482 e. The Bertz CT molecular complexity index is 564. The molecule has 0 radical (unpaired) electrons. The molecule has 0 amide bonds. The van der Waals surface area contributed by atoms with Crippen LogP contribution in [0, 0.1) is 10.1 Å². The number of nitro benzene ring substituents is 1. The van der Waals surface area contributed by atoms with E-state index in [1.165, 1.54) is 0 Å². The van der Waals surface area contributed by atoms with Gasteiger partial charge in [0.15, 0.2) is 6.61 Å². The summed E-state index contributed by atoms with van der Waals surface area (Å²) >= 11 is 0. The number of hydrogen-bond acceptors (Lipinski definition) is 6. The lowest BCUT2D eigenvalue weighted by Gasteiger charge is -2.22. The van der Waals surface area contributed by atoms with E-state index in [1.54, 1.807) is 11.9 Å². The Balaban J connectivity index is 3.11. The van der Waals surface area contributed by atoms with Crippen LogP contribution in [0.4, 0.5) is 30.2 Å². The summed E-state index contributed by atoms with van der Waals surface area (Å²) in [6.07, 6.45) is -4.52. The van der Waals surface area contributed by atoms with Crippen molar-refractivity contribution in [2.45, 2.75) is 6.18 Å². The van der Waals surface area contributed by atoms with Gasteiger partial charge in [-0.15, -0.1) is 0 Å². The topological polar surface area (TPSA) is 84.9 Å². The summed E-state index contributed by atoms with van der Waals surface area (Å²) in [5.74, 6) is -0.236. The molecule has 130 valence electrons. The summed E-state index contributed by atoms with van der Waals surface area (Å²) < 4.78 is 41.4. The van der Waals surface area contributed by atoms with Crippen LogP contribution >= 0.6 is 0 Å². The lowest BCUT2D eigenvalue weighted by molar-refractivity contribution is -0.384. The van der Waals surface area contributed by atoms with E-state index in [0.717, 1.165) is 12.1 Å². The standard InChI is InChI=1S/C13H19F3N4O3/c1-18(2)4-5-19(3)10-7-12(23-8-13(14,15)16)9(17)6-11(10)20(21)22/h6-7H,4-5,8,17H2,1-3H3. The summed E-state index contributed by atoms with van der Waals surface area (Å²) in [5.41, 5.74) is 5.19. The highest BCUT2D eigenvalue weighted by Crippen LogP contribution is 2.37. The van der Waals surface area contributed by atoms with Crippen LogP contribution in [0.3, 0.4) is 0 Å². The third-order valence-electron chi connectivity index (χ3n) is 2.99. The lowest BCUT2D eigenvalue weighted by atomic mass is 10.2. The fraction of sp³-hybridized carbons (Fsp3) is 0.538. The molecular weight excluding hydrogens is 317 g/mol. The second-order valence-corrected chi connectivity index (χ2v) is 5.26. The van der Waals surface area contributed by atoms with Crippen LogP contribution in [-0.2, 0) is 0 Å². The van der Waals surface area contributed by atoms with Crippen molar-refractivity contribution in [3.8, 4) is 5.75 Å². The first-order chi connectivity index (χ1) is 10.5. The van der Waals surface area contributed by atoms with Crippen LogP contribution in [0.1, 0.15) is 0 Å². The van der Waals surface area contributed by atoms with E-state index in [1.807, 2.05) is 19.0 Å². The van der Waals surface area contributed by atoms with Crippen molar-refractivity contribution in [2.24, 2.45) is 0 Å². The molecule has 1 aromatic carbocycles. The molecule has 0 atom stereocenters. The minimum absolute atomic E-state index is 0.142. The Labute approximate surface area is 131 Å². The van der Waals surface area contributed by atoms with Crippen molar-refractivity contribution in [3.63, 3.8) is 0 Å². The zero-order valence-electron chi connectivity index (χ0n) is 13.1. The highest BCUT2D eigenvalue weighted by Gasteiger charge is 2.29. The maximum absolute atomic E-state index is 12.3. The van der Waals surface area contributed by atoms with Crippen LogP contribution in [0.25, 0.3) is 0 Å². The molecule has 10 heteroatoms. The Hall–Kier alpha value is -2.23. The van der Waals surface area contributed by atoms with Gasteiger partial charge in [0.1, 0.15) is 11.4 Å². The van der Waals surface area contributed by atoms with Gasteiger partial charge in [-0.05, 0) is 14.1 Å². The highest BCUT2D eigenvalue weighted by atomic mass is 19.4. The molecule has 0 heterocycles. The predicted molar refractivity (Wildman–Crippen MR) is 80.9 cm³/mol. The Morgan fingerprint density at radius 1 is 1.26 bits per heavy atom. The Morgan fingerprint density at radius 3 is 2.35 bits per heavy atom. The molecule has 0 saturated heterocycles. The molecular formula is C13H19F3N4O3. The summed E-state index contributed by atoms with van der Waals surface area (Å²) in [4.78, 5) is 13.9. The monoisotopic (exact) mass is 336 g/mol. The molecule has 0 saturated carbocycles. The molecule has 0 aliphatic carbocycles. The number of nitrogen functional groups attached to an aromatic ring is 1. The number of ether oxygens (including phenoxy) is 1. The number of rotatable bonds is 7. The van der Waals surface area contributed by atoms with Gasteiger partial charge in [0.2, 0.25) is 0 Å². The fourth-order valence-electron chi connectivity index (χ4n) is 1.78. The summed E-state index contributed by atoms with van der Waals surface area (Å²) in [7, 11) is 5.28. The average molecular weight is 336 g/mol. The van der Waals surface area contributed by atoms with Crippen molar-refractivity contribution < 1.29 is 22.8 Å². The second kappa shape index (κ2) is 7.36. The van der Waals surface area contributed by atoms with Gasteiger partial charge in [-0.25, -0.2) is 0 Å². The van der Waals surface area contributed by atoms with Gasteiger partial charge in [-0.2, -0.15) is 13.2 Å². The molecule has 23 heavy (non-hydrogen) atoms. The smallest absolute Gasteiger partial charge is 0.422 e. The molecule has 0 fully saturated rings. The number of halogens is 3. The first-order valence-corrected chi connectivity index (χ1v) is 6.64. The third-order valence-corrected chi connectivity index (χ3v) is 2.99. The average Bonchev–Trinajstić information content (AvgIpc) is 2.41. The Morgan fingerprint density at radius 2 is 1.87 bits per heavy atom. The van der Waals surface area contributed by atoms with Crippen LogP contribution < -0.4 is 15.4 Å². The third kappa shape index (κ3) is 5.81. The number of alkyl halides is 3.